The average molecular weight is 318 g/mol. The fourth-order valence-electron chi connectivity index (χ4n) is 2.49. The number of halogens is 2. The normalized spacial score (nSPS) is 27.3. The molecule has 0 aliphatic heterocycles. The van der Waals surface area contributed by atoms with E-state index in [1.54, 1.807) is 0 Å². The van der Waals surface area contributed by atoms with E-state index in [2.05, 4.69) is 0 Å². The highest BCUT2D eigenvalue weighted by Gasteiger charge is 2.37. The number of rotatable bonds is 4. The number of hydrogen-bond acceptors (Lipinski definition) is 3. The zero-order valence-corrected chi connectivity index (χ0v) is 12.0. The molecule has 0 amide bonds. The van der Waals surface area contributed by atoms with Gasteiger partial charge in [-0.05, 0) is 43.9 Å². The van der Waals surface area contributed by atoms with Gasteiger partial charge in [0, 0.05) is 4.90 Å². The molecule has 0 radical (unpaired) electrons. The van der Waals surface area contributed by atoms with Crippen LogP contribution < -0.4 is 0 Å². The largest absolute Gasteiger partial charge is 0.481 e. The molecule has 0 spiro atoms. The summed E-state index contributed by atoms with van der Waals surface area (Å²) in [5.74, 6) is -3.58. The summed E-state index contributed by atoms with van der Waals surface area (Å²) in [7, 11) is -1.66. The third kappa shape index (κ3) is 3.85. The Balaban J connectivity index is 2.02. The van der Waals surface area contributed by atoms with Gasteiger partial charge in [-0.1, -0.05) is 0 Å². The SMILES string of the molecule is O=C(O)C1CCC(O)(CS(=O)c2ccc(F)c(F)c2)CC1. The number of carboxylic acids is 1. The van der Waals surface area contributed by atoms with E-state index in [0.29, 0.717) is 12.8 Å². The lowest BCUT2D eigenvalue weighted by Gasteiger charge is -2.34. The van der Waals surface area contributed by atoms with Crippen LogP contribution in [0.15, 0.2) is 23.1 Å². The van der Waals surface area contributed by atoms with Crippen LogP contribution in [-0.2, 0) is 15.6 Å². The van der Waals surface area contributed by atoms with Gasteiger partial charge in [-0.25, -0.2) is 8.78 Å². The van der Waals surface area contributed by atoms with Crippen molar-refractivity contribution >= 4 is 16.8 Å². The average Bonchev–Trinajstić information content (AvgIpc) is 2.41. The molecule has 0 aromatic heterocycles. The number of carbonyl (C=O) groups is 1. The van der Waals surface area contributed by atoms with Crippen LogP contribution in [-0.4, -0.2) is 31.7 Å². The van der Waals surface area contributed by atoms with Crippen molar-refractivity contribution in [2.45, 2.75) is 36.2 Å². The van der Waals surface area contributed by atoms with Crippen molar-refractivity contribution < 1.29 is 28.0 Å². The van der Waals surface area contributed by atoms with E-state index in [0.717, 1.165) is 12.1 Å². The first-order valence-corrected chi connectivity index (χ1v) is 7.91. The second-order valence-electron chi connectivity index (χ2n) is 5.40. The van der Waals surface area contributed by atoms with Gasteiger partial charge in [0.1, 0.15) is 0 Å². The molecule has 21 heavy (non-hydrogen) atoms. The van der Waals surface area contributed by atoms with Crippen LogP contribution >= 0.6 is 0 Å². The zero-order chi connectivity index (χ0) is 15.6. The fourth-order valence-corrected chi connectivity index (χ4v) is 3.89. The topological polar surface area (TPSA) is 74.6 Å². The molecule has 7 heteroatoms. The Hall–Kier alpha value is -1.34. The Morgan fingerprint density at radius 3 is 2.43 bits per heavy atom. The molecule has 1 unspecified atom stereocenters. The molecule has 2 rings (SSSR count). The van der Waals surface area contributed by atoms with Crippen molar-refractivity contribution in [3.63, 3.8) is 0 Å². The molecule has 1 aromatic carbocycles. The quantitative estimate of drug-likeness (QED) is 0.891. The second-order valence-corrected chi connectivity index (χ2v) is 6.85. The summed E-state index contributed by atoms with van der Waals surface area (Å²) < 4.78 is 38.1. The maximum absolute atomic E-state index is 13.1. The summed E-state index contributed by atoms with van der Waals surface area (Å²) in [6, 6.07) is 2.98. The molecular formula is C14H16F2O4S. The van der Waals surface area contributed by atoms with Gasteiger partial charge in [0.15, 0.2) is 11.6 Å². The number of aliphatic hydroxyl groups is 1. The van der Waals surface area contributed by atoms with Gasteiger partial charge in [-0.15, -0.1) is 0 Å². The molecule has 1 fully saturated rings. The van der Waals surface area contributed by atoms with Gasteiger partial charge >= 0.3 is 5.97 Å². The molecule has 0 heterocycles. The monoisotopic (exact) mass is 318 g/mol. The van der Waals surface area contributed by atoms with Gasteiger partial charge < -0.3 is 10.2 Å². The van der Waals surface area contributed by atoms with E-state index in [4.69, 9.17) is 5.11 Å². The summed E-state index contributed by atoms with van der Waals surface area (Å²) in [6.45, 7) is 0. The van der Waals surface area contributed by atoms with Crippen molar-refractivity contribution in [1.82, 2.24) is 0 Å². The predicted octanol–water partition coefficient (Wildman–Crippen LogP) is 2.08. The zero-order valence-electron chi connectivity index (χ0n) is 11.2. The first-order valence-electron chi connectivity index (χ1n) is 6.59. The highest BCUT2D eigenvalue weighted by atomic mass is 32.2. The van der Waals surface area contributed by atoms with Gasteiger partial charge in [-0.2, -0.15) is 0 Å². The molecule has 1 aromatic rings. The van der Waals surface area contributed by atoms with E-state index in [9.17, 15) is 22.9 Å². The van der Waals surface area contributed by atoms with Crippen LogP contribution in [0.1, 0.15) is 25.7 Å². The molecule has 0 saturated heterocycles. The Morgan fingerprint density at radius 2 is 1.90 bits per heavy atom. The predicted molar refractivity (Wildman–Crippen MR) is 72.2 cm³/mol. The van der Waals surface area contributed by atoms with Crippen LogP contribution in [0.3, 0.4) is 0 Å². The van der Waals surface area contributed by atoms with Gasteiger partial charge in [0.25, 0.3) is 0 Å². The lowest BCUT2D eigenvalue weighted by atomic mass is 9.80. The summed E-state index contributed by atoms with van der Waals surface area (Å²) in [5, 5.41) is 19.3. The number of carboxylic acid groups (broad SMARTS) is 1. The van der Waals surface area contributed by atoms with Crippen molar-refractivity contribution in [2.24, 2.45) is 5.92 Å². The van der Waals surface area contributed by atoms with Crippen molar-refractivity contribution in [3.8, 4) is 0 Å². The Kier molecular flexibility index (Phi) is 4.73. The molecular weight excluding hydrogens is 302 g/mol. The number of aliphatic carboxylic acids is 1. The third-order valence-corrected chi connectivity index (χ3v) is 5.40. The first kappa shape index (κ1) is 16.0. The second kappa shape index (κ2) is 6.19. The summed E-state index contributed by atoms with van der Waals surface area (Å²) >= 11 is 0. The van der Waals surface area contributed by atoms with Crippen LogP contribution in [0.5, 0.6) is 0 Å². The minimum absolute atomic E-state index is 0.107. The Bertz CT molecular complexity index is 568. The maximum atomic E-state index is 13.1. The minimum atomic E-state index is -1.66. The lowest BCUT2D eigenvalue weighted by Crippen LogP contribution is -2.40. The Morgan fingerprint density at radius 1 is 1.29 bits per heavy atom. The summed E-state index contributed by atoms with van der Waals surface area (Å²) in [4.78, 5) is 11.0. The molecule has 4 nitrogen and oxygen atoms in total. The molecule has 1 aliphatic carbocycles. The van der Waals surface area contributed by atoms with Crippen LogP contribution in [0.25, 0.3) is 0 Å². The van der Waals surface area contributed by atoms with Gasteiger partial charge in [0.05, 0.1) is 28.1 Å². The number of benzene rings is 1. The summed E-state index contributed by atoms with van der Waals surface area (Å²) in [5.41, 5.74) is -1.22. The van der Waals surface area contributed by atoms with Gasteiger partial charge in [-0.3, -0.25) is 9.00 Å². The molecule has 0 bridgehead atoms. The van der Waals surface area contributed by atoms with Crippen LogP contribution in [0, 0.1) is 17.6 Å². The van der Waals surface area contributed by atoms with E-state index in [1.807, 2.05) is 0 Å². The van der Waals surface area contributed by atoms with Gasteiger partial charge in [0.2, 0.25) is 0 Å². The highest BCUT2D eigenvalue weighted by Crippen LogP contribution is 2.33. The maximum Gasteiger partial charge on any atom is 0.306 e. The molecule has 2 N–H and O–H groups in total. The van der Waals surface area contributed by atoms with E-state index in [1.165, 1.54) is 6.07 Å². The standard InChI is InChI=1S/C14H16F2O4S/c15-11-2-1-10(7-12(11)16)21(20)8-14(19)5-3-9(4-6-14)13(17)18/h1-2,7,9,19H,3-6,8H2,(H,17,18). The van der Waals surface area contributed by atoms with E-state index in [-0.39, 0.29) is 23.5 Å². The third-order valence-electron chi connectivity index (χ3n) is 3.82. The highest BCUT2D eigenvalue weighted by molar-refractivity contribution is 7.85. The first-order chi connectivity index (χ1) is 9.81. The van der Waals surface area contributed by atoms with E-state index >= 15 is 0 Å². The van der Waals surface area contributed by atoms with Crippen molar-refractivity contribution in [1.29, 1.82) is 0 Å². The molecule has 116 valence electrons. The molecule has 1 saturated carbocycles. The van der Waals surface area contributed by atoms with Crippen LogP contribution in [0.4, 0.5) is 8.78 Å². The lowest BCUT2D eigenvalue weighted by molar-refractivity contribution is -0.144. The van der Waals surface area contributed by atoms with Crippen molar-refractivity contribution in [3.05, 3.63) is 29.8 Å². The number of hydrogen-bond donors (Lipinski definition) is 2. The Labute approximate surface area is 123 Å². The summed E-state index contributed by atoms with van der Waals surface area (Å²) in [6.07, 6.45) is 1.11. The minimum Gasteiger partial charge on any atom is -0.481 e. The fraction of sp³-hybridized carbons (Fsp3) is 0.500. The van der Waals surface area contributed by atoms with E-state index < -0.39 is 39.9 Å². The molecule has 1 atom stereocenters. The van der Waals surface area contributed by atoms with Crippen LogP contribution in [0.2, 0.25) is 0 Å². The smallest absolute Gasteiger partial charge is 0.306 e. The van der Waals surface area contributed by atoms with Crippen molar-refractivity contribution in [2.75, 3.05) is 5.75 Å². The molecule has 1 aliphatic rings.